The second-order valence-corrected chi connectivity index (χ2v) is 4.45. The van der Waals surface area contributed by atoms with E-state index in [2.05, 4.69) is 4.98 Å². The first-order valence-corrected chi connectivity index (χ1v) is 6.24. The fourth-order valence-corrected chi connectivity index (χ4v) is 2.05. The van der Waals surface area contributed by atoms with E-state index in [0.717, 1.165) is 0 Å². The van der Waals surface area contributed by atoms with Crippen molar-refractivity contribution >= 4 is 17.8 Å². The van der Waals surface area contributed by atoms with Gasteiger partial charge in [-0.15, -0.1) is 0 Å². The topological polar surface area (TPSA) is 76.6 Å². The molecule has 1 aromatic heterocycles. The number of carbonyl (C=O) groups excluding carboxylic acids is 3. The molecule has 6 nitrogen and oxygen atoms in total. The Bertz CT molecular complexity index is 692. The van der Waals surface area contributed by atoms with Crippen LogP contribution in [0.1, 0.15) is 26.3 Å². The van der Waals surface area contributed by atoms with Gasteiger partial charge in [-0.2, -0.15) is 0 Å². The first-order chi connectivity index (χ1) is 10.2. The van der Waals surface area contributed by atoms with Gasteiger partial charge in [-0.25, -0.2) is 4.79 Å². The van der Waals surface area contributed by atoms with E-state index in [1.54, 1.807) is 30.5 Å². The lowest BCUT2D eigenvalue weighted by molar-refractivity contribution is -0.167. The highest BCUT2D eigenvalue weighted by Gasteiger charge is 2.38. The van der Waals surface area contributed by atoms with Gasteiger partial charge < -0.3 is 4.84 Å². The molecule has 0 saturated heterocycles. The number of nitrogens with zero attached hydrogens (tertiary/aromatic N) is 2. The van der Waals surface area contributed by atoms with Gasteiger partial charge in [0.05, 0.1) is 17.5 Å². The number of fused-ring (bicyclic) bond motifs is 1. The van der Waals surface area contributed by atoms with Gasteiger partial charge in [0.2, 0.25) is 0 Å². The highest BCUT2D eigenvalue weighted by molar-refractivity contribution is 6.20. The third-order valence-corrected chi connectivity index (χ3v) is 3.02. The standard InChI is InChI=1S/C15H10N2O4/c18-13(8-10-4-3-7-16-9-10)21-17-14(19)11-5-1-2-6-12(11)15(17)20/h1-7,9H,8H2. The van der Waals surface area contributed by atoms with Crippen molar-refractivity contribution in [3.8, 4) is 0 Å². The van der Waals surface area contributed by atoms with Crippen LogP contribution in [0.3, 0.4) is 0 Å². The lowest BCUT2D eigenvalue weighted by atomic mass is 10.1. The Morgan fingerprint density at radius 3 is 2.29 bits per heavy atom. The first-order valence-electron chi connectivity index (χ1n) is 6.24. The smallest absolute Gasteiger partial charge is 0.329 e. The van der Waals surface area contributed by atoms with E-state index in [4.69, 9.17) is 4.84 Å². The van der Waals surface area contributed by atoms with E-state index >= 15 is 0 Å². The Kier molecular flexibility index (Phi) is 3.19. The molecule has 21 heavy (non-hydrogen) atoms. The van der Waals surface area contributed by atoms with Gasteiger partial charge in [-0.3, -0.25) is 14.6 Å². The minimum atomic E-state index is -0.697. The van der Waals surface area contributed by atoms with Crippen LogP contribution in [0.25, 0.3) is 0 Å². The van der Waals surface area contributed by atoms with Crippen molar-refractivity contribution in [2.24, 2.45) is 0 Å². The van der Waals surface area contributed by atoms with Gasteiger partial charge in [0.25, 0.3) is 11.8 Å². The predicted octanol–water partition coefficient (Wildman–Crippen LogP) is 1.38. The second kappa shape index (κ2) is 5.16. The fourth-order valence-electron chi connectivity index (χ4n) is 2.05. The zero-order valence-electron chi connectivity index (χ0n) is 10.9. The molecule has 1 aromatic carbocycles. The molecule has 104 valence electrons. The van der Waals surface area contributed by atoms with Crippen LogP contribution in [0.4, 0.5) is 0 Å². The van der Waals surface area contributed by atoms with Gasteiger partial charge in [0.15, 0.2) is 0 Å². The number of carbonyl (C=O) groups is 3. The summed E-state index contributed by atoms with van der Waals surface area (Å²) in [4.78, 5) is 44.6. The number of hydroxylamine groups is 2. The molecule has 0 spiro atoms. The average molecular weight is 282 g/mol. The first kappa shape index (κ1) is 13.0. The number of rotatable bonds is 3. The number of imide groups is 1. The fraction of sp³-hybridized carbons (Fsp3) is 0.0667. The third kappa shape index (κ3) is 2.38. The molecule has 0 aliphatic carbocycles. The predicted molar refractivity (Wildman–Crippen MR) is 71.0 cm³/mol. The number of amides is 2. The molecule has 6 heteroatoms. The van der Waals surface area contributed by atoms with E-state index in [1.165, 1.54) is 18.3 Å². The minimum Gasteiger partial charge on any atom is -0.329 e. The number of aromatic nitrogens is 1. The van der Waals surface area contributed by atoms with Crippen molar-refractivity contribution in [1.82, 2.24) is 10.0 Å². The normalized spacial score (nSPS) is 13.2. The Morgan fingerprint density at radius 1 is 1.05 bits per heavy atom. The highest BCUT2D eigenvalue weighted by atomic mass is 16.7. The van der Waals surface area contributed by atoms with Gasteiger partial charge in [-0.1, -0.05) is 23.3 Å². The van der Waals surface area contributed by atoms with Gasteiger partial charge in [0, 0.05) is 12.4 Å². The monoisotopic (exact) mass is 282 g/mol. The van der Waals surface area contributed by atoms with Crippen molar-refractivity contribution < 1.29 is 19.2 Å². The summed E-state index contributed by atoms with van der Waals surface area (Å²) in [5.74, 6) is -1.96. The van der Waals surface area contributed by atoms with Gasteiger partial charge in [0.1, 0.15) is 0 Å². The van der Waals surface area contributed by atoms with Crippen molar-refractivity contribution in [3.05, 3.63) is 65.5 Å². The molecule has 3 rings (SSSR count). The maximum absolute atomic E-state index is 12.0. The maximum Gasteiger partial charge on any atom is 0.337 e. The van der Waals surface area contributed by atoms with E-state index < -0.39 is 17.8 Å². The lowest BCUT2D eigenvalue weighted by Gasteiger charge is -2.12. The van der Waals surface area contributed by atoms with Crippen molar-refractivity contribution in [2.75, 3.05) is 0 Å². The van der Waals surface area contributed by atoms with Crippen molar-refractivity contribution in [2.45, 2.75) is 6.42 Å². The summed E-state index contributed by atoms with van der Waals surface area (Å²) < 4.78 is 0. The van der Waals surface area contributed by atoms with E-state index in [0.29, 0.717) is 10.6 Å². The molecule has 2 amide bonds. The van der Waals surface area contributed by atoms with Crippen LogP contribution in [0, 0.1) is 0 Å². The van der Waals surface area contributed by atoms with Crippen LogP contribution in [0.15, 0.2) is 48.8 Å². The maximum atomic E-state index is 12.0. The molecule has 0 unspecified atom stereocenters. The zero-order chi connectivity index (χ0) is 14.8. The van der Waals surface area contributed by atoms with Crippen molar-refractivity contribution in [1.29, 1.82) is 0 Å². The molecule has 0 saturated carbocycles. The molecule has 0 N–H and O–H groups in total. The molecule has 0 atom stereocenters. The second-order valence-electron chi connectivity index (χ2n) is 4.45. The summed E-state index contributed by atoms with van der Waals surface area (Å²) >= 11 is 0. The quantitative estimate of drug-likeness (QED) is 0.795. The minimum absolute atomic E-state index is 0.0682. The Balaban J connectivity index is 1.73. The van der Waals surface area contributed by atoms with Crippen LogP contribution in [-0.2, 0) is 16.1 Å². The SMILES string of the molecule is O=C(Cc1cccnc1)ON1C(=O)c2ccccc2C1=O. The molecule has 1 aliphatic heterocycles. The van der Waals surface area contributed by atoms with Crippen molar-refractivity contribution in [3.63, 3.8) is 0 Å². The molecule has 2 aromatic rings. The summed E-state index contributed by atoms with van der Waals surface area (Å²) in [6.07, 6.45) is 3.03. The van der Waals surface area contributed by atoms with E-state index in [-0.39, 0.29) is 17.5 Å². The summed E-state index contributed by atoms with van der Waals surface area (Å²) in [7, 11) is 0. The summed E-state index contributed by atoms with van der Waals surface area (Å²) in [6, 6.07) is 9.71. The van der Waals surface area contributed by atoms with E-state index in [9.17, 15) is 14.4 Å². The summed E-state index contributed by atoms with van der Waals surface area (Å²) in [5, 5.41) is 0.503. The summed E-state index contributed by atoms with van der Waals surface area (Å²) in [5.41, 5.74) is 1.10. The van der Waals surface area contributed by atoms with E-state index in [1.807, 2.05) is 0 Å². The molecule has 0 fully saturated rings. The number of benzene rings is 1. The third-order valence-electron chi connectivity index (χ3n) is 3.02. The molecular weight excluding hydrogens is 272 g/mol. The Labute approximate surface area is 119 Å². The van der Waals surface area contributed by atoms with Gasteiger partial charge >= 0.3 is 5.97 Å². The molecule has 1 aliphatic rings. The van der Waals surface area contributed by atoms with Crippen LogP contribution in [0.2, 0.25) is 0 Å². The average Bonchev–Trinajstić information content (AvgIpc) is 2.74. The molecular formula is C15H10N2O4. The Morgan fingerprint density at radius 2 is 1.71 bits per heavy atom. The van der Waals surface area contributed by atoms with Crippen LogP contribution in [-0.4, -0.2) is 27.8 Å². The molecule has 0 radical (unpaired) electrons. The Hall–Kier alpha value is -3.02. The number of pyridine rings is 1. The summed E-state index contributed by atoms with van der Waals surface area (Å²) in [6.45, 7) is 0. The van der Waals surface area contributed by atoms with Crippen LogP contribution in [0.5, 0.6) is 0 Å². The molecule has 2 heterocycles. The highest BCUT2D eigenvalue weighted by Crippen LogP contribution is 2.22. The van der Waals surface area contributed by atoms with Crippen LogP contribution >= 0.6 is 0 Å². The lowest BCUT2D eigenvalue weighted by Crippen LogP contribution is -2.33. The number of hydrogen-bond acceptors (Lipinski definition) is 5. The molecule has 0 bridgehead atoms. The van der Waals surface area contributed by atoms with Gasteiger partial charge in [-0.05, 0) is 23.8 Å². The zero-order valence-corrected chi connectivity index (χ0v) is 10.9. The van der Waals surface area contributed by atoms with Crippen LogP contribution < -0.4 is 0 Å². The number of hydrogen-bond donors (Lipinski definition) is 0. The largest absolute Gasteiger partial charge is 0.337 e.